The van der Waals surface area contributed by atoms with Gasteiger partial charge in [-0.15, -0.1) is 0 Å². The lowest BCUT2D eigenvalue weighted by Crippen LogP contribution is -2.23. The second-order valence-corrected chi connectivity index (χ2v) is 8.69. The fourth-order valence-electron chi connectivity index (χ4n) is 4.81. The van der Waals surface area contributed by atoms with Crippen molar-refractivity contribution in [2.45, 2.75) is 32.2 Å². The minimum Gasteiger partial charge on any atom is -0.489 e. The average Bonchev–Trinajstić information content (AvgIpc) is 3.44. The average molecular weight is 481 g/mol. The first-order valence-corrected chi connectivity index (χ1v) is 11.2. The van der Waals surface area contributed by atoms with E-state index >= 15 is 0 Å². The topological polar surface area (TPSA) is 55.8 Å². The van der Waals surface area contributed by atoms with Gasteiger partial charge >= 0.3 is 12.1 Å². The largest absolute Gasteiger partial charge is 0.489 e. The Morgan fingerprint density at radius 3 is 2.46 bits per heavy atom. The first-order valence-electron chi connectivity index (χ1n) is 11.2. The number of halogens is 3. The molecule has 8 heteroatoms. The van der Waals surface area contributed by atoms with Crippen LogP contribution in [0.2, 0.25) is 0 Å². The van der Waals surface area contributed by atoms with Gasteiger partial charge in [-0.1, -0.05) is 24.3 Å². The molecule has 0 saturated heterocycles. The molecule has 35 heavy (non-hydrogen) atoms. The van der Waals surface area contributed by atoms with E-state index in [0.29, 0.717) is 29.8 Å². The molecule has 0 spiro atoms. The number of carbonyl (C=O) groups excluding carboxylic acids is 2. The summed E-state index contributed by atoms with van der Waals surface area (Å²) in [4.78, 5) is 26.5. The number of rotatable bonds is 5. The lowest BCUT2D eigenvalue weighted by atomic mass is 10.0. The van der Waals surface area contributed by atoms with Crippen LogP contribution in [-0.2, 0) is 41.7 Å². The monoisotopic (exact) mass is 481 g/mol. The summed E-state index contributed by atoms with van der Waals surface area (Å²) in [6.07, 6.45) is -3.28. The predicted octanol–water partition coefficient (Wildman–Crippen LogP) is 5.33. The highest BCUT2D eigenvalue weighted by atomic mass is 19.4. The predicted molar refractivity (Wildman–Crippen MR) is 122 cm³/mol. The minimum atomic E-state index is -4.44. The van der Waals surface area contributed by atoms with Crippen LogP contribution in [0.5, 0.6) is 5.75 Å². The molecule has 1 unspecified atom stereocenters. The van der Waals surface area contributed by atoms with Crippen LogP contribution in [0, 0.1) is 5.92 Å². The van der Waals surface area contributed by atoms with E-state index in [1.807, 2.05) is 24.3 Å². The summed E-state index contributed by atoms with van der Waals surface area (Å²) in [7, 11) is 1.38. The number of methoxy groups -OCH3 is 1. The molecule has 1 amide bonds. The van der Waals surface area contributed by atoms with Crippen LogP contribution in [0.15, 0.2) is 60.7 Å². The number of hydrogen-bond acceptors (Lipinski definition) is 4. The Morgan fingerprint density at radius 2 is 1.74 bits per heavy atom. The fourth-order valence-corrected chi connectivity index (χ4v) is 4.81. The molecule has 3 aromatic rings. The summed E-state index contributed by atoms with van der Waals surface area (Å²) in [5.41, 5.74) is 3.81. The van der Waals surface area contributed by atoms with Crippen LogP contribution >= 0.6 is 0 Å². The van der Waals surface area contributed by atoms with Crippen molar-refractivity contribution in [1.29, 1.82) is 0 Å². The lowest BCUT2D eigenvalue weighted by molar-refractivity contribution is -0.145. The van der Waals surface area contributed by atoms with Crippen molar-refractivity contribution < 1.29 is 32.2 Å². The number of ether oxygens (including phenoxy) is 2. The van der Waals surface area contributed by atoms with Gasteiger partial charge in [-0.05, 0) is 71.5 Å². The van der Waals surface area contributed by atoms with Crippen LogP contribution in [0.25, 0.3) is 0 Å². The number of hydrogen-bond donors (Lipinski definition) is 0. The Morgan fingerprint density at radius 1 is 1.00 bits per heavy atom. The SMILES string of the molecule is COC(=O)C1Cc2cccc(OCc3cccc4c3CN(c3ccc(C(F)(F)F)cc3)C4=O)c2C1. The molecule has 1 aliphatic carbocycles. The van der Waals surface area contributed by atoms with E-state index < -0.39 is 11.7 Å². The molecule has 0 fully saturated rings. The van der Waals surface area contributed by atoms with Crippen molar-refractivity contribution in [3.63, 3.8) is 0 Å². The molecule has 0 saturated carbocycles. The Balaban J connectivity index is 1.34. The fraction of sp³-hybridized carbons (Fsp3) is 0.259. The van der Waals surface area contributed by atoms with Crippen LogP contribution < -0.4 is 9.64 Å². The minimum absolute atomic E-state index is 0.219. The van der Waals surface area contributed by atoms with Crippen molar-refractivity contribution in [3.8, 4) is 5.75 Å². The normalized spacial score (nSPS) is 16.7. The molecule has 1 heterocycles. The molecule has 0 N–H and O–H groups in total. The van der Waals surface area contributed by atoms with Gasteiger partial charge in [0.1, 0.15) is 12.4 Å². The Bertz CT molecular complexity index is 1300. The highest BCUT2D eigenvalue weighted by molar-refractivity contribution is 6.10. The summed E-state index contributed by atoms with van der Waals surface area (Å²) < 4.78 is 49.8. The van der Waals surface area contributed by atoms with E-state index in [2.05, 4.69) is 0 Å². The van der Waals surface area contributed by atoms with Gasteiger partial charge in [0.2, 0.25) is 0 Å². The summed E-state index contributed by atoms with van der Waals surface area (Å²) >= 11 is 0. The second-order valence-electron chi connectivity index (χ2n) is 8.69. The number of benzene rings is 3. The zero-order chi connectivity index (χ0) is 24.7. The van der Waals surface area contributed by atoms with Crippen LogP contribution in [0.4, 0.5) is 18.9 Å². The zero-order valence-electron chi connectivity index (χ0n) is 18.9. The summed E-state index contributed by atoms with van der Waals surface area (Å²) in [6.45, 7) is 0.465. The van der Waals surface area contributed by atoms with Gasteiger partial charge in [-0.25, -0.2) is 0 Å². The quantitative estimate of drug-likeness (QED) is 0.462. The Hall–Kier alpha value is -3.81. The van der Waals surface area contributed by atoms with Crippen molar-refractivity contribution in [1.82, 2.24) is 0 Å². The van der Waals surface area contributed by atoms with Crippen molar-refractivity contribution >= 4 is 17.6 Å². The van der Waals surface area contributed by atoms with E-state index in [1.165, 1.54) is 24.1 Å². The first kappa shape index (κ1) is 23.0. The van der Waals surface area contributed by atoms with E-state index in [4.69, 9.17) is 9.47 Å². The van der Waals surface area contributed by atoms with E-state index in [1.54, 1.807) is 12.1 Å². The summed E-state index contributed by atoms with van der Waals surface area (Å²) in [6, 6.07) is 15.7. The molecule has 180 valence electrons. The van der Waals surface area contributed by atoms with Gasteiger partial charge in [0.05, 0.1) is 25.1 Å². The molecule has 1 atom stereocenters. The number of anilines is 1. The van der Waals surface area contributed by atoms with Gasteiger partial charge in [-0.3, -0.25) is 9.59 Å². The Labute approximate surface area is 200 Å². The second kappa shape index (κ2) is 8.76. The van der Waals surface area contributed by atoms with Crippen LogP contribution in [-0.4, -0.2) is 19.0 Å². The van der Waals surface area contributed by atoms with Gasteiger partial charge < -0.3 is 14.4 Å². The Kier molecular flexibility index (Phi) is 5.75. The van der Waals surface area contributed by atoms with Gasteiger partial charge in [0.25, 0.3) is 5.91 Å². The molecular formula is C27H22F3NO4. The third kappa shape index (κ3) is 4.24. The van der Waals surface area contributed by atoms with Gasteiger partial charge in [-0.2, -0.15) is 13.2 Å². The van der Waals surface area contributed by atoms with Crippen molar-refractivity contribution in [3.05, 3.63) is 94.0 Å². The smallest absolute Gasteiger partial charge is 0.416 e. The maximum Gasteiger partial charge on any atom is 0.416 e. The number of fused-ring (bicyclic) bond motifs is 2. The van der Waals surface area contributed by atoms with E-state index in [-0.39, 0.29) is 30.9 Å². The highest BCUT2D eigenvalue weighted by Gasteiger charge is 2.34. The number of nitrogens with zero attached hydrogens (tertiary/aromatic N) is 1. The zero-order valence-corrected chi connectivity index (χ0v) is 18.9. The standard InChI is InChI=1S/C27H22F3NO4/c1-34-26(33)18-12-16-4-3-7-24(22(16)13-18)35-15-17-5-2-6-21-23(17)14-31(25(21)32)20-10-8-19(9-11-20)27(28,29)30/h2-11,18H,12-15H2,1H3. The first-order chi connectivity index (χ1) is 16.8. The van der Waals surface area contributed by atoms with E-state index in [0.717, 1.165) is 34.4 Å². The maximum absolute atomic E-state index is 13.0. The summed E-state index contributed by atoms with van der Waals surface area (Å²) in [5.74, 6) is -0.0379. The highest BCUT2D eigenvalue weighted by Crippen LogP contribution is 2.37. The maximum atomic E-state index is 13.0. The van der Waals surface area contributed by atoms with Gasteiger partial charge in [0, 0.05) is 11.3 Å². The molecule has 3 aromatic carbocycles. The van der Waals surface area contributed by atoms with Crippen molar-refractivity contribution in [2.75, 3.05) is 12.0 Å². The van der Waals surface area contributed by atoms with Crippen LogP contribution in [0.1, 0.15) is 38.2 Å². The molecule has 5 rings (SSSR count). The third-order valence-electron chi connectivity index (χ3n) is 6.64. The van der Waals surface area contributed by atoms with Crippen LogP contribution in [0.3, 0.4) is 0 Å². The molecule has 5 nitrogen and oxygen atoms in total. The van der Waals surface area contributed by atoms with E-state index in [9.17, 15) is 22.8 Å². The molecule has 0 bridgehead atoms. The summed E-state index contributed by atoms with van der Waals surface area (Å²) in [5, 5.41) is 0. The molecule has 2 aliphatic rings. The molecular weight excluding hydrogens is 459 g/mol. The van der Waals surface area contributed by atoms with Crippen molar-refractivity contribution in [2.24, 2.45) is 5.92 Å². The molecule has 0 radical (unpaired) electrons. The number of esters is 1. The number of alkyl halides is 3. The molecule has 0 aromatic heterocycles. The van der Waals surface area contributed by atoms with Gasteiger partial charge in [0.15, 0.2) is 0 Å². The third-order valence-corrected chi connectivity index (χ3v) is 6.64. The number of carbonyl (C=O) groups is 2. The number of amides is 1. The molecule has 1 aliphatic heterocycles. The lowest BCUT2D eigenvalue weighted by Gasteiger charge is -2.17.